The second-order valence-corrected chi connectivity index (χ2v) is 6.48. The summed E-state index contributed by atoms with van der Waals surface area (Å²) in [6, 6.07) is 0. The van der Waals surface area contributed by atoms with E-state index in [1.54, 1.807) is 0 Å². The van der Waals surface area contributed by atoms with Crippen LogP contribution in [0, 0.1) is 0 Å². The van der Waals surface area contributed by atoms with Crippen molar-refractivity contribution in [2.45, 2.75) is 19.8 Å². The van der Waals surface area contributed by atoms with Crippen LogP contribution < -0.4 is 5.32 Å². The molecule has 0 saturated heterocycles. The van der Waals surface area contributed by atoms with E-state index in [2.05, 4.69) is 16.9 Å². The Kier molecular flexibility index (Phi) is 12.7. The fourth-order valence-electron chi connectivity index (χ4n) is 1.37. The third-order valence-corrected chi connectivity index (χ3v) is 3.25. The monoisotopic (exact) mass is 403 g/mol. The van der Waals surface area contributed by atoms with E-state index < -0.39 is 9.84 Å². The zero-order valence-electron chi connectivity index (χ0n) is 12.1. The van der Waals surface area contributed by atoms with Crippen LogP contribution in [-0.4, -0.2) is 58.0 Å². The summed E-state index contributed by atoms with van der Waals surface area (Å²) in [5.74, 6) is 0.841. The molecule has 19 heavy (non-hydrogen) atoms. The molecule has 0 aliphatic heterocycles. The molecule has 114 valence electrons. The van der Waals surface area contributed by atoms with Crippen LogP contribution in [0.2, 0.25) is 0 Å². The molecule has 0 aliphatic carbocycles. The molecule has 1 N–H and O–H groups in total. The van der Waals surface area contributed by atoms with Crippen LogP contribution in [0.5, 0.6) is 0 Å². The van der Waals surface area contributed by atoms with E-state index in [1.165, 1.54) is 6.26 Å². The molecule has 0 fully saturated rings. The average Bonchev–Trinajstić information content (AvgIpc) is 2.26. The zero-order valence-corrected chi connectivity index (χ0v) is 15.2. The van der Waals surface area contributed by atoms with Gasteiger partial charge in [-0.3, -0.25) is 4.99 Å². The number of halogens is 1. The topological polar surface area (TPSA) is 61.8 Å². The fourth-order valence-corrected chi connectivity index (χ4v) is 1.79. The van der Waals surface area contributed by atoms with Gasteiger partial charge in [-0.05, 0) is 19.8 Å². The lowest BCUT2D eigenvalue weighted by molar-refractivity contribution is 0.470. The van der Waals surface area contributed by atoms with E-state index in [-0.39, 0.29) is 29.7 Å². The molecule has 0 heterocycles. The lowest BCUT2D eigenvalue weighted by atomic mass is 10.3. The molecule has 7 heteroatoms. The van der Waals surface area contributed by atoms with Crippen molar-refractivity contribution in [2.24, 2.45) is 4.99 Å². The second-order valence-electron chi connectivity index (χ2n) is 4.22. The summed E-state index contributed by atoms with van der Waals surface area (Å²) in [5.41, 5.74) is 0. The number of allylic oxidation sites excluding steroid dienone is 1. The maximum Gasteiger partial charge on any atom is 0.193 e. The number of hydrogen-bond donors (Lipinski definition) is 1. The third kappa shape index (κ3) is 12.5. The smallest absolute Gasteiger partial charge is 0.193 e. The van der Waals surface area contributed by atoms with Crippen LogP contribution in [0.15, 0.2) is 17.6 Å². The van der Waals surface area contributed by atoms with E-state index in [4.69, 9.17) is 0 Å². The Morgan fingerprint density at radius 2 is 2.11 bits per heavy atom. The summed E-state index contributed by atoms with van der Waals surface area (Å²) in [7, 11) is -0.999. The third-order valence-electron chi connectivity index (χ3n) is 2.32. The van der Waals surface area contributed by atoms with Crippen LogP contribution in [0.1, 0.15) is 19.8 Å². The first-order chi connectivity index (χ1) is 8.40. The number of hydrogen-bond acceptors (Lipinski definition) is 3. The number of sulfone groups is 1. The first-order valence-electron chi connectivity index (χ1n) is 6.18. The SMILES string of the molecule is C=CCCCN(C)C(=NCCS(C)(=O)=O)NCC.I. The Balaban J connectivity index is 0. The van der Waals surface area contributed by atoms with Crippen LogP contribution in [0.4, 0.5) is 0 Å². The Hall–Kier alpha value is -0.310. The van der Waals surface area contributed by atoms with Gasteiger partial charge in [0.1, 0.15) is 9.84 Å². The maximum absolute atomic E-state index is 11.0. The summed E-state index contributed by atoms with van der Waals surface area (Å²) in [4.78, 5) is 6.31. The van der Waals surface area contributed by atoms with E-state index in [9.17, 15) is 8.42 Å². The summed E-state index contributed by atoms with van der Waals surface area (Å²) in [5, 5.41) is 3.15. The van der Waals surface area contributed by atoms with Gasteiger partial charge in [0.15, 0.2) is 5.96 Å². The molecule has 0 aromatic heterocycles. The molecule has 0 radical (unpaired) electrons. The summed E-state index contributed by atoms with van der Waals surface area (Å²) in [6.07, 6.45) is 5.09. The number of rotatable bonds is 8. The predicted molar refractivity (Wildman–Crippen MR) is 93.2 cm³/mol. The molecule has 0 amide bonds. The molecular weight excluding hydrogens is 377 g/mol. The number of aliphatic imine (C=N–C) groups is 1. The molecule has 5 nitrogen and oxygen atoms in total. The highest BCUT2D eigenvalue weighted by Gasteiger charge is 2.06. The van der Waals surface area contributed by atoms with Crippen molar-refractivity contribution in [1.82, 2.24) is 10.2 Å². The summed E-state index contributed by atoms with van der Waals surface area (Å²) < 4.78 is 22.1. The van der Waals surface area contributed by atoms with Crippen molar-refractivity contribution >= 4 is 39.8 Å². The van der Waals surface area contributed by atoms with Gasteiger partial charge in [-0.1, -0.05) is 6.08 Å². The highest BCUT2D eigenvalue weighted by atomic mass is 127. The van der Waals surface area contributed by atoms with Gasteiger partial charge < -0.3 is 10.2 Å². The van der Waals surface area contributed by atoms with Gasteiger partial charge in [-0.2, -0.15) is 0 Å². The van der Waals surface area contributed by atoms with Crippen LogP contribution in [-0.2, 0) is 9.84 Å². The lowest BCUT2D eigenvalue weighted by Gasteiger charge is -2.21. The molecule has 0 atom stereocenters. The summed E-state index contributed by atoms with van der Waals surface area (Å²) in [6.45, 7) is 7.61. The standard InChI is InChI=1S/C12H25N3O2S.HI/c1-5-7-8-10-15(3)12(13-6-2)14-9-11-18(4,16)17;/h5H,1,6-11H2,2-4H3,(H,13,14);1H. The van der Waals surface area contributed by atoms with Crippen LogP contribution in [0.25, 0.3) is 0 Å². The van der Waals surface area contributed by atoms with Crippen LogP contribution >= 0.6 is 24.0 Å². The van der Waals surface area contributed by atoms with E-state index in [0.29, 0.717) is 6.54 Å². The van der Waals surface area contributed by atoms with Crippen molar-refractivity contribution in [2.75, 3.05) is 38.7 Å². The Bertz CT molecular complexity index is 369. The van der Waals surface area contributed by atoms with Gasteiger partial charge in [0.25, 0.3) is 0 Å². The number of nitrogens with zero attached hydrogens (tertiary/aromatic N) is 2. The molecule has 0 unspecified atom stereocenters. The van der Waals surface area contributed by atoms with Crippen molar-refractivity contribution in [3.63, 3.8) is 0 Å². The molecule has 0 aromatic carbocycles. The minimum absolute atomic E-state index is 0. The highest BCUT2D eigenvalue weighted by Crippen LogP contribution is 1.95. The minimum atomic E-state index is -2.95. The lowest BCUT2D eigenvalue weighted by Crippen LogP contribution is -2.39. The zero-order chi connectivity index (χ0) is 14.0. The molecular formula is C12H26IN3O2S. The summed E-state index contributed by atoms with van der Waals surface area (Å²) >= 11 is 0. The van der Waals surface area contributed by atoms with Gasteiger partial charge in [0.05, 0.1) is 12.3 Å². The van der Waals surface area contributed by atoms with Crippen molar-refractivity contribution in [3.8, 4) is 0 Å². The van der Waals surface area contributed by atoms with Gasteiger partial charge in [0, 0.05) is 26.4 Å². The second kappa shape index (κ2) is 11.5. The average molecular weight is 403 g/mol. The fraction of sp³-hybridized carbons (Fsp3) is 0.750. The number of guanidine groups is 1. The van der Waals surface area contributed by atoms with E-state index >= 15 is 0 Å². The molecule has 0 bridgehead atoms. The Morgan fingerprint density at radius 1 is 1.47 bits per heavy atom. The quantitative estimate of drug-likeness (QED) is 0.220. The van der Waals surface area contributed by atoms with Gasteiger partial charge in [-0.25, -0.2) is 8.42 Å². The Morgan fingerprint density at radius 3 is 2.58 bits per heavy atom. The van der Waals surface area contributed by atoms with Crippen LogP contribution in [0.3, 0.4) is 0 Å². The molecule has 0 saturated carbocycles. The first-order valence-corrected chi connectivity index (χ1v) is 8.24. The number of unbranched alkanes of at least 4 members (excludes halogenated alkanes) is 1. The number of nitrogens with one attached hydrogen (secondary N) is 1. The van der Waals surface area contributed by atoms with Crippen molar-refractivity contribution < 1.29 is 8.42 Å². The Labute approximate surface area is 134 Å². The van der Waals surface area contributed by atoms with Gasteiger partial charge in [0.2, 0.25) is 0 Å². The van der Waals surface area contributed by atoms with Gasteiger partial charge in [-0.15, -0.1) is 30.6 Å². The molecule has 0 aliphatic rings. The maximum atomic E-state index is 11.0. The molecule has 0 spiro atoms. The first kappa shape index (κ1) is 21.0. The minimum Gasteiger partial charge on any atom is -0.357 e. The van der Waals surface area contributed by atoms with Gasteiger partial charge >= 0.3 is 0 Å². The highest BCUT2D eigenvalue weighted by molar-refractivity contribution is 14.0. The van der Waals surface area contributed by atoms with E-state index in [1.807, 2.05) is 24.9 Å². The largest absolute Gasteiger partial charge is 0.357 e. The normalized spacial score (nSPS) is 11.6. The predicted octanol–water partition coefficient (Wildman–Crippen LogP) is 1.51. The van der Waals surface area contributed by atoms with Crippen molar-refractivity contribution in [1.29, 1.82) is 0 Å². The van der Waals surface area contributed by atoms with E-state index in [0.717, 1.165) is 31.9 Å². The molecule has 0 rings (SSSR count). The van der Waals surface area contributed by atoms with Crippen molar-refractivity contribution in [3.05, 3.63) is 12.7 Å². The molecule has 0 aromatic rings.